The fourth-order valence-corrected chi connectivity index (χ4v) is 2.45. The van der Waals surface area contributed by atoms with Crippen LogP contribution in [0.5, 0.6) is 0 Å². The zero-order valence-corrected chi connectivity index (χ0v) is 12.2. The third-order valence-corrected chi connectivity index (χ3v) is 3.91. The molecule has 1 heterocycles. The first kappa shape index (κ1) is 15.4. The Morgan fingerprint density at radius 1 is 1.56 bits per heavy atom. The third-order valence-electron chi connectivity index (χ3n) is 3.91. The van der Waals surface area contributed by atoms with Crippen LogP contribution in [0, 0.1) is 5.92 Å². The molecule has 1 aliphatic rings. The van der Waals surface area contributed by atoms with Crippen molar-refractivity contribution >= 4 is 5.91 Å². The van der Waals surface area contributed by atoms with E-state index in [-0.39, 0.29) is 18.0 Å². The summed E-state index contributed by atoms with van der Waals surface area (Å²) in [5, 5.41) is 3.35. The number of amides is 1. The van der Waals surface area contributed by atoms with E-state index in [0.29, 0.717) is 19.1 Å². The summed E-state index contributed by atoms with van der Waals surface area (Å²) < 4.78 is 5.11. The molecule has 1 aliphatic heterocycles. The number of carbonyl (C=O) groups excluding carboxylic acids is 1. The lowest BCUT2D eigenvalue weighted by atomic mass is 9.93. The standard InChI is InChI=1S/C14H28N2O2/c1-5-12(3)16(8-9-18-4)14(17)13-10-11(2)6-7-15-13/h11-13,15H,5-10H2,1-4H3. The van der Waals surface area contributed by atoms with Crippen molar-refractivity contribution in [3.05, 3.63) is 0 Å². The van der Waals surface area contributed by atoms with Gasteiger partial charge in [-0.05, 0) is 38.6 Å². The molecule has 106 valence electrons. The van der Waals surface area contributed by atoms with E-state index >= 15 is 0 Å². The number of hydrogen-bond acceptors (Lipinski definition) is 3. The number of ether oxygens (including phenoxy) is 1. The number of methoxy groups -OCH3 is 1. The van der Waals surface area contributed by atoms with E-state index in [0.717, 1.165) is 19.4 Å². The highest BCUT2D eigenvalue weighted by Gasteiger charge is 2.29. The normalized spacial score (nSPS) is 25.8. The van der Waals surface area contributed by atoms with Crippen molar-refractivity contribution in [3.8, 4) is 0 Å². The Hall–Kier alpha value is -0.610. The van der Waals surface area contributed by atoms with Crippen molar-refractivity contribution in [2.45, 2.75) is 52.1 Å². The van der Waals surface area contributed by atoms with Crippen LogP contribution in [0.1, 0.15) is 40.0 Å². The Kier molecular flexibility index (Phi) is 6.65. The zero-order valence-electron chi connectivity index (χ0n) is 12.2. The van der Waals surface area contributed by atoms with Crippen molar-refractivity contribution in [2.24, 2.45) is 5.92 Å². The molecule has 4 heteroatoms. The molecule has 0 aliphatic carbocycles. The maximum absolute atomic E-state index is 12.6. The second-order valence-corrected chi connectivity index (χ2v) is 5.42. The molecule has 1 saturated heterocycles. The summed E-state index contributed by atoms with van der Waals surface area (Å²) in [5.74, 6) is 0.884. The molecule has 1 N–H and O–H groups in total. The van der Waals surface area contributed by atoms with Gasteiger partial charge in [-0.3, -0.25) is 4.79 Å². The fraction of sp³-hybridized carbons (Fsp3) is 0.929. The lowest BCUT2D eigenvalue weighted by molar-refractivity contribution is -0.137. The van der Waals surface area contributed by atoms with E-state index in [2.05, 4.69) is 26.1 Å². The minimum Gasteiger partial charge on any atom is -0.383 e. The summed E-state index contributed by atoms with van der Waals surface area (Å²) in [5.41, 5.74) is 0. The van der Waals surface area contributed by atoms with Crippen LogP contribution in [-0.2, 0) is 9.53 Å². The Balaban J connectivity index is 2.62. The van der Waals surface area contributed by atoms with Crippen LogP contribution in [0.15, 0.2) is 0 Å². The predicted octanol–water partition coefficient (Wildman–Crippen LogP) is 1.65. The van der Waals surface area contributed by atoms with Gasteiger partial charge < -0.3 is 15.0 Å². The molecular weight excluding hydrogens is 228 g/mol. The van der Waals surface area contributed by atoms with E-state index in [9.17, 15) is 4.79 Å². The van der Waals surface area contributed by atoms with Crippen molar-refractivity contribution < 1.29 is 9.53 Å². The summed E-state index contributed by atoms with van der Waals surface area (Å²) in [6.45, 7) is 8.71. The van der Waals surface area contributed by atoms with Crippen LogP contribution < -0.4 is 5.32 Å². The van der Waals surface area contributed by atoms with Crippen LogP contribution in [-0.4, -0.2) is 49.7 Å². The second-order valence-electron chi connectivity index (χ2n) is 5.42. The molecule has 3 unspecified atom stereocenters. The number of carbonyl (C=O) groups is 1. The van der Waals surface area contributed by atoms with E-state index in [1.54, 1.807) is 7.11 Å². The maximum Gasteiger partial charge on any atom is 0.240 e. The molecule has 3 atom stereocenters. The molecule has 18 heavy (non-hydrogen) atoms. The molecule has 1 amide bonds. The van der Waals surface area contributed by atoms with Gasteiger partial charge in [-0.25, -0.2) is 0 Å². The maximum atomic E-state index is 12.6. The Labute approximate surface area is 111 Å². The summed E-state index contributed by atoms with van der Waals surface area (Å²) in [6, 6.07) is 0.284. The fourth-order valence-electron chi connectivity index (χ4n) is 2.45. The largest absolute Gasteiger partial charge is 0.383 e. The molecule has 0 spiro atoms. The van der Waals surface area contributed by atoms with Gasteiger partial charge in [-0.1, -0.05) is 13.8 Å². The van der Waals surface area contributed by atoms with Gasteiger partial charge in [0.15, 0.2) is 0 Å². The Morgan fingerprint density at radius 2 is 2.28 bits per heavy atom. The summed E-state index contributed by atoms with van der Waals surface area (Å²) in [7, 11) is 1.68. The van der Waals surface area contributed by atoms with Gasteiger partial charge in [-0.2, -0.15) is 0 Å². The minimum absolute atomic E-state index is 0.000365. The van der Waals surface area contributed by atoms with Crippen LogP contribution in [0.4, 0.5) is 0 Å². The monoisotopic (exact) mass is 256 g/mol. The van der Waals surface area contributed by atoms with Crippen LogP contribution in [0.3, 0.4) is 0 Å². The molecule has 0 radical (unpaired) electrons. The highest BCUT2D eigenvalue weighted by atomic mass is 16.5. The van der Waals surface area contributed by atoms with Gasteiger partial charge in [0.25, 0.3) is 0 Å². The molecular formula is C14H28N2O2. The van der Waals surface area contributed by atoms with Crippen LogP contribution in [0.25, 0.3) is 0 Å². The zero-order chi connectivity index (χ0) is 13.5. The van der Waals surface area contributed by atoms with E-state index in [4.69, 9.17) is 4.74 Å². The molecule has 0 bridgehead atoms. The molecule has 0 aromatic carbocycles. The van der Waals surface area contributed by atoms with Crippen LogP contribution >= 0.6 is 0 Å². The summed E-state index contributed by atoms with van der Waals surface area (Å²) in [6.07, 6.45) is 3.11. The average Bonchev–Trinajstić information content (AvgIpc) is 2.38. The molecule has 0 aromatic rings. The smallest absolute Gasteiger partial charge is 0.240 e. The predicted molar refractivity (Wildman–Crippen MR) is 73.5 cm³/mol. The van der Waals surface area contributed by atoms with Crippen molar-refractivity contribution in [3.63, 3.8) is 0 Å². The number of hydrogen-bond donors (Lipinski definition) is 1. The van der Waals surface area contributed by atoms with Crippen molar-refractivity contribution in [2.75, 3.05) is 26.8 Å². The number of rotatable bonds is 6. The van der Waals surface area contributed by atoms with Gasteiger partial charge in [-0.15, -0.1) is 0 Å². The lowest BCUT2D eigenvalue weighted by Gasteiger charge is -2.35. The molecule has 0 saturated carbocycles. The Morgan fingerprint density at radius 3 is 2.83 bits per heavy atom. The molecule has 0 aromatic heterocycles. The van der Waals surface area contributed by atoms with Gasteiger partial charge in [0.1, 0.15) is 0 Å². The summed E-state index contributed by atoms with van der Waals surface area (Å²) >= 11 is 0. The Bertz CT molecular complexity index is 258. The highest BCUT2D eigenvalue weighted by molar-refractivity contribution is 5.82. The third kappa shape index (κ3) is 4.25. The van der Waals surface area contributed by atoms with Gasteiger partial charge in [0.05, 0.1) is 12.6 Å². The molecule has 4 nitrogen and oxygen atoms in total. The average molecular weight is 256 g/mol. The minimum atomic E-state index is -0.000365. The number of nitrogens with one attached hydrogen (secondary N) is 1. The molecule has 1 fully saturated rings. The highest BCUT2D eigenvalue weighted by Crippen LogP contribution is 2.18. The van der Waals surface area contributed by atoms with Gasteiger partial charge >= 0.3 is 0 Å². The lowest BCUT2D eigenvalue weighted by Crippen LogP contribution is -2.53. The summed E-state index contributed by atoms with van der Waals surface area (Å²) in [4.78, 5) is 14.5. The first-order valence-corrected chi connectivity index (χ1v) is 7.12. The first-order valence-electron chi connectivity index (χ1n) is 7.12. The first-order chi connectivity index (χ1) is 8.60. The van der Waals surface area contributed by atoms with E-state index < -0.39 is 0 Å². The van der Waals surface area contributed by atoms with E-state index in [1.165, 1.54) is 6.42 Å². The number of piperidine rings is 1. The SMILES string of the molecule is CCC(C)N(CCOC)C(=O)C1CC(C)CCN1. The van der Waals surface area contributed by atoms with Crippen molar-refractivity contribution in [1.29, 1.82) is 0 Å². The van der Waals surface area contributed by atoms with Crippen LogP contribution in [0.2, 0.25) is 0 Å². The van der Waals surface area contributed by atoms with E-state index in [1.807, 2.05) is 4.90 Å². The van der Waals surface area contributed by atoms with Crippen molar-refractivity contribution in [1.82, 2.24) is 10.2 Å². The van der Waals surface area contributed by atoms with Gasteiger partial charge in [0, 0.05) is 19.7 Å². The quantitative estimate of drug-likeness (QED) is 0.785. The number of nitrogens with zero attached hydrogens (tertiary/aromatic N) is 1. The molecule has 1 rings (SSSR count). The second kappa shape index (κ2) is 7.74. The topological polar surface area (TPSA) is 41.6 Å². The van der Waals surface area contributed by atoms with Gasteiger partial charge in [0.2, 0.25) is 5.91 Å².